The lowest BCUT2D eigenvalue weighted by Crippen LogP contribution is -1.97. The van der Waals surface area contributed by atoms with Crippen molar-refractivity contribution in [3.05, 3.63) is 66.1 Å². The predicted octanol–water partition coefficient (Wildman–Crippen LogP) is 2.22. The van der Waals surface area contributed by atoms with E-state index in [0.717, 1.165) is 5.56 Å². The molecule has 0 bridgehead atoms. The summed E-state index contributed by atoms with van der Waals surface area (Å²) in [6.07, 6.45) is 4.07. The van der Waals surface area contributed by atoms with Gasteiger partial charge in [-0.3, -0.25) is 4.98 Å². The van der Waals surface area contributed by atoms with Crippen molar-refractivity contribution in [2.75, 3.05) is 5.73 Å². The summed E-state index contributed by atoms with van der Waals surface area (Å²) < 4.78 is 10.7. The number of pyridine rings is 1. The number of nitrogen functional groups attached to an aromatic ring is 1. The fourth-order valence-electron chi connectivity index (χ4n) is 1.85. The number of anilines is 1. The summed E-state index contributed by atoms with van der Waals surface area (Å²) >= 11 is 0. The van der Waals surface area contributed by atoms with Crippen LogP contribution in [0.2, 0.25) is 0 Å². The lowest BCUT2D eigenvalue weighted by atomic mass is 10.2. The molecule has 0 aliphatic heterocycles. The van der Waals surface area contributed by atoms with Crippen molar-refractivity contribution in [2.24, 2.45) is 0 Å². The molecular formula is C15H14N4O2. The minimum atomic E-state index is 0.215. The third kappa shape index (κ3) is 3.56. The van der Waals surface area contributed by atoms with Gasteiger partial charge in [-0.1, -0.05) is 11.2 Å². The Hall–Kier alpha value is -2.89. The molecule has 0 aliphatic rings. The lowest BCUT2D eigenvalue weighted by molar-refractivity contribution is 0.242. The molecule has 21 heavy (non-hydrogen) atoms. The number of ether oxygens (including phenoxy) is 1. The molecule has 0 radical (unpaired) electrons. The summed E-state index contributed by atoms with van der Waals surface area (Å²) in [4.78, 5) is 8.26. The van der Waals surface area contributed by atoms with E-state index in [1.54, 1.807) is 24.5 Å². The predicted molar refractivity (Wildman–Crippen MR) is 76.5 cm³/mol. The largest absolute Gasteiger partial charge is 0.484 e. The van der Waals surface area contributed by atoms with Crippen LogP contribution in [0.25, 0.3) is 0 Å². The SMILES string of the molecule is Nc1cccc(OCc2nc(Cc3ccncc3)no2)c1. The Bertz CT molecular complexity index is 712. The quantitative estimate of drug-likeness (QED) is 0.722. The van der Waals surface area contributed by atoms with Crippen molar-refractivity contribution in [1.82, 2.24) is 15.1 Å². The molecule has 0 fully saturated rings. The van der Waals surface area contributed by atoms with Crippen molar-refractivity contribution < 1.29 is 9.26 Å². The molecule has 0 atom stereocenters. The Morgan fingerprint density at radius 1 is 1.14 bits per heavy atom. The van der Waals surface area contributed by atoms with Crippen LogP contribution in [-0.2, 0) is 13.0 Å². The van der Waals surface area contributed by atoms with Gasteiger partial charge in [0.05, 0.1) is 0 Å². The van der Waals surface area contributed by atoms with Crippen LogP contribution in [0.15, 0.2) is 53.3 Å². The second kappa shape index (κ2) is 6.04. The first-order chi connectivity index (χ1) is 10.3. The third-order valence-corrected chi connectivity index (χ3v) is 2.84. The van der Waals surface area contributed by atoms with Gasteiger partial charge in [-0.05, 0) is 29.8 Å². The van der Waals surface area contributed by atoms with E-state index < -0.39 is 0 Å². The Morgan fingerprint density at radius 2 is 2.00 bits per heavy atom. The summed E-state index contributed by atoms with van der Waals surface area (Å²) in [5.41, 5.74) is 7.41. The van der Waals surface area contributed by atoms with Crippen LogP contribution < -0.4 is 10.5 Å². The number of hydrogen-bond donors (Lipinski definition) is 1. The van der Waals surface area contributed by atoms with E-state index in [1.807, 2.05) is 24.3 Å². The molecule has 6 nitrogen and oxygen atoms in total. The first kappa shape index (κ1) is 13.1. The Balaban J connectivity index is 1.60. The van der Waals surface area contributed by atoms with Gasteiger partial charge in [0.25, 0.3) is 5.89 Å². The molecule has 2 heterocycles. The average Bonchev–Trinajstić information content (AvgIpc) is 2.94. The van der Waals surface area contributed by atoms with Gasteiger partial charge in [-0.15, -0.1) is 0 Å². The smallest absolute Gasteiger partial charge is 0.264 e. The normalized spacial score (nSPS) is 10.5. The first-order valence-corrected chi connectivity index (χ1v) is 6.48. The molecule has 3 rings (SSSR count). The third-order valence-electron chi connectivity index (χ3n) is 2.84. The molecule has 0 aliphatic carbocycles. The fraction of sp³-hybridized carbons (Fsp3) is 0.133. The van der Waals surface area contributed by atoms with Crippen LogP contribution in [0.1, 0.15) is 17.3 Å². The molecule has 0 saturated carbocycles. The summed E-state index contributed by atoms with van der Waals surface area (Å²) in [7, 11) is 0. The van der Waals surface area contributed by atoms with Crippen LogP contribution in [0, 0.1) is 0 Å². The molecule has 106 valence electrons. The average molecular weight is 282 g/mol. The number of hydrogen-bond acceptors (Lipinski definition) is 6. The highest BCUT2D eigenvalue weighted by molar-refractivity contribution is 5.43. The maximum Gasteiger partial charge on any atom is 0.264 e. The molecule has 0 spiro atoms. The fourth-order valence-corrected chi connectivity index (χ4v) is 1.85. The van der Waals surface area contributed by atoms with Gasteiger partial charge in [0.2, 0.25) is 0 Å². The van der Waals surface area contributed by atoms with Gasteiger partial charge < -0.3 is 15.0 Å². The highest BCUT2D eigenvalue weighted by Crippen LogP contribution is 2.16. The van der Waals surface area contributed by atoms with Crippen molar-refractivity contribution in [3.63, 3.8) is 0 Å². The van der Waals surface area contributed by atoms with E-state index in [9.17, 15) is 0 Å². The van der Waals surface area contributed by atoms with E-state index in [2.05, 4.69) is 15.1 Å². The Morgan fingerprint density at radius 3 is 2.81 bits per heavy atom. The molecule has 6 heteroatoms. The number of rotatable bonds is 5. The van der Waals surface area contributed by atoms with E-state index in [0.29, 0.717) is 29.6 Å². The maximum absolute atomic E-state index is 5.68. The second-order valence-electron chi connectivity index (χ2n) is 4.50. The molecule has 1 aromatic carbocycles. The summed E-state index contributed by atoms with van der Waals surface area (Å²) in [5, 5.41) is 3.93. The van der Waals surface area contributed by atoms with Crippen LogP contribution >= 0.6 is 0 Å². The zero-order chi connectivity index (χ0) is 14.5. The summed E-state index contributed by atoms with van der Waals surface area (Å²) in [6, 6.07) is 11.0. The minimum absolute atomic E-state index is 0.215. The molecule has 3 aromatic rings. The Kier molecular flexibility index (Phi) is 3.77. The molecule has 0 saturated heterocycles. The number of nitrogens with two attached hydrogens (primary N) is 1. The zero-order valence-corrected chi connectivity index (χ0v) is 11.3. The summed E-state index contributed by atoms with van der Waals surface area (Å²) in [6.45, 7) is 0.215. The second-order valence-corrected chi connectivity index (χ2v) is 4.50. The van der Waals surface area contributed by atoms with Crippen LogP contribution in [0.4, 0.5) is 5.69 Å². The van der Waals surface area contributed by atoms with E-state index >= 15 is 0 Å². The van der Waals surface area contributed by atoms with Crippen molar-refractivity contribution in [2.45, 2.75) is 13.0 Å². The van der Waals surface area contributed by atoms with Crippen LogP contribution in [-0.4, -0.2) is 15.1 Å². The highest BCUT2D eigenvalue weighted by atomic mass is 16.5. The van der Waals surface area contributed by atoms with E-state index in [4.69, 9.17) is 15.0 Å². The topological polar surface area (TPSA) is 87.1 Å². The van der Waals surface area contributed by atoms with Gasteiger partial charge in [0, 0.05) is 30.6 Å². The van der Waals surface area contributed by atoms with Gasteiger partial charge in [-0.25, -0.2) is 0 Å². The number of aromatic nitrogens is 3. The molecular weight excluding hydrogens is 268 g/mol. The minimum Gasteiger partial charge on any atom is -0.484 e. The van der Waals surface area contributed by atoms with E-state index in [1.165, 1.54) is 0 Å². The number of benzene rings is 1. The molecule has 2 N–H and O–H groups in total. The monoisotopic (exact) mass is 282 g/mol. The van der Waals surface area contributed by atoms with Gasteiger partial charge >= 0.3 is 0 Å². The highest BCUT2D eigenvalue weighted by Gasteiger charge is 2.08. The summed E-state index contributed by atoms with van der Waals surface area (Å²) in [5.74, 6) is 1.72. The van der Waals surface area contributed by atoms with Crippen molar-refractivity contribution in [1.29, 1.82) is 0 Å². The first-order valence-electron chi connectivity index (χ1n) is 6.48. The van der Waals surface area contributed by atoms with Gasteiger partial charge in [0.1, 0.15) is 5.75 Å². The molecule has 0 amide bonds. The zero-order valence-electron chi connectivity index (χ0n) is 11.3. The van der Waals surface area contributed by atoms with Gasteiger partial charge in [-0.2, -0.15) is 4.98 Å². The molecule has 2 aromatic heterocycles. The lowest BCUT2D eigenvalue weighted by Gasteiger charge is -2.03. The van der Waals surface area contributed by atoms with Gasteiger partial charge in [0.15, 0.2) is 12.4 Å². The Labute approximate surface area is 121 Å². The van der Waals surface area contributed by atoms with Crippen molar-refractivity contribution in [3.8, 4) is 5.75 Å². The number of nitrogens with zero attached hydrogens (tertiary/aromatic N) is 3. The van der Waals surface area contributed by atoms with Crippen LogP contribution in [0.5, 0.6) is 5.75 Å². The maximum atomic E-state index is 5.68. The molecule has 0 unspecified atom stereocenters. The van der Waals surface area contributed by atoms with Crippen molar-refractivity contribution >= 4 is 5.69 Å². The van der Waals surface area contributed by atoms with Crippen LogP contribution in [0.3, 0.4) is 0 Å². The standard InChI is InChI=1S/C15H14N4O2/c16-12-2-1-3-13(9-12)20-10-15-18-14(19-21-15)8-11-4-6-17-7-5-11/h1-7,9H,8,10,16H2. The van der Waals surface area contributed by atoms with E-state index in [-0.39, 0.29) is 6.61 Å².